The fraction of sp³-hybridized carbons (Fsp3) is 0.414. The number of amides is 1. The maximum atomic E-state index is 14.4. The highest BCUT2D eigenvalue weighted by atomic mass is 19.2. The molecule has 1 heterocycles. The van der Waals surface area contributed by atoms with Gasteiger partial charge in [-0.1, -0.05) is 13.8 Å². The number of nitrogens with zero attached hydrogens (tertiary/aromatic N) is 2. The molecule has 1 amide bonds. The number of benzene rings is 2. The lowest BCUT2D eigenvalue weighted by Gasteiger charge is -2.16. The van der Waals surface area contributed by atoms with Crippen LogP contribution in [0.3, 0.4) is 0 Å². The van der Waals surface area contributed by atoms with Crippen molar-refractivity contribution in [2.75, 3.05) is 13.7 Å². The number of rotatable bonds is 14. The third kappa shape index (κ3) is 8.08. The summed E-state index contributed by atoms with van der Waals surface area (Å²) in [6.45, 7) is 3.66. The Morgan fingerprint density at radius 1 is 1.02 bits per heavy atom. The van der Waals surface area contributed by atoms with Crippen molar-refractivity contribution in [1.82, 2.24) is 15.1 Å². The molecule has 0 saturated carbocycles. The highest BCUT2D eigenvalue weighted by Gasteiger charge is 2.27. The number of carbonyl (C=O) groups excluding carboxylic acids is 1. The van der Waals surface area contributed by atoms with Crippen LogP contribution in [-0.2, 0) is 17.6 Å². The maximum absolute atomic E-state index is 14.4. The Labute approximate surface area is 235 Å². The summed E-state index contributed by atoms with van der Waals surface area (Å²) in [6.07, 6.45) is -2.63. The second-order valence-electron chi connectivity index (χ2n) is 9.98. The lowest BCUT2D eigenvalue weighted by Crippen LogP contribution is -2.27. The number of aliphatic hydroxyl groups excluding tert-OH is 2. The van der Waals surface area contributed by atoms with Crippen LogP contribution in [0.15, 0.2) is 36.4 Å². The molecule has 0 aliphatic heterocycles. The molecule has 2 unspecified atom stereocenters. The molecule has 3 rings (SSSR count). The van der Waals surface area contributed by atoms with Gasteiger partial charge in [0.05, 0.1) is 31.4 Å². The molecule has 1 aromatic heterocycles. The zero-order chi connectivity index (χ0) is 30.3. The second kappa shape index (κ2) is 14.1. The standard InChI is InChI=1S/C29H34F3N3O6/c1-16(2)26-23(10-8-19(36)14-20(37)15-25(38)39)35(18-6-4-17(30)5-7-18)34-28(26)29(40)33-13-12-21-24(41-3)11-9-22(31)27(21)32/h4-7,9,11,16,19-20,36-37H,8,10,12-15H2,1-3H3,(H,33,40)(H,38,39). The molecule has 4 N–H and O–H groups in total. The Kier molecular flexibility index (Phi) is 10.9. The molecule has 222 valence electrons. The van der Waals surface area contributed by atoms with Crippen molar-refractivity contribution in [2.45, 2.75) is 64.1 Å². The molecule has 9 nitrogen and oxygen atoms in total. The van der Waals surface area contributed by atoms with Gasteiger partial charge >= 0.3 is 5.97 Å². The van der Waals surface area contributed by atoms with E-state index in [2.05, 4.69) is 10.4 Å². The van der Waals surface area contributed by atoms with E-state index in [4.69, 9.17) is 9.84 Å². The van der Waals surface area contributed by atoms with Gasteiger partial charge in [0.25, 0.3) is 5.91 Å². The second-order valence-corrected chi connectivity index (χ2v) is 9.98. The van der Waals surface area contributed by atoms with E-state index in [0.29, 0.717) is 16.9 Å². The van der Waals surface area contributed by atoms with Crippen LogP contribution >= 0.6 is 0 Å². The molecule has 0 saturated heterocycles. The Morgan fingerprint density at radius 2 is 1.71 bits per heavy atom. The van der Waals surface area contributed by atoms with Crippen LogP contribution in [0, 0.1) is 17.5 Å². The van der Waals surface area contributed by atoms with Crippen molar-refractivity contribution in [3.05, 3.63) is 76.4 Å². The average Bonchev–Trinajstić information content (AvgIpc) is 3.29. The molecule has 0 radical (unpaired) electrons. The van der Waals surface area contributed by atoms with E-state index in [0.717, 1.165) is 6.07 Å². The minimum atomic E-state index is -1.23. The predicted octanol–water partition coefficient (Wildman–Crippen LogP) is 3.91. The lowest BCUT2D eigenvalue weighted by atomic mass is 9.95. The fourth-order valence-electron chi connectivity index (χ4n) is 4.68. The first-order valence-electron chi connectivity index (χ1n) is 13.2. The normalized spacial score (nSPS) is 12.8. The van der Waals surface area contributed by atoms with Crippen LogP contribution in [-0.4, -0.2) is 62.8 Å². The third-order valence-corrected chi connectivity index (χ3v) is 6.59. The van der Waals surface area contributed by atoms with Crippen molar-refractivity contribution in [3.63, 3.8) is 0 Å². The van der Waals surface area contributed by atoms with Gasteiger partial charge in [-0.25, -0.2) is 17.9 Å². The van der Waals surface area contributed by atoms with E-state index in [1.54, 1.807) is 0 Å². The number of hydrogen-bond acceptors (Lipinski definition) is 6. The van der Waals surface area contributed by atoms with E-state index in [1.807, 2.05) is 13.8 Å². The molecule has 2 atom stereocenters. The Bertz CT molecular complexity index is 1360. The number of aliphatic hydroxyl groups is 2. The van der Waals surface area contributed by atoms with Gasteiger partial charge in [0.2, 0.25) is 0 Å². The van der Waals surface area contributed by atoms with E-state index < -0.39 is 48.0 Å². The van der Waals surface area contributed by atoms with Crippen LogP contribution < -0.4 is 10.1 Å². The monoisotopic (exact) mass is 577 g/mol. The first-order valence-corrected chi connectivity index (χ1v) is 13.2. The molecular formula is C29H34F3N3O6. The molecule has 2 aromatic carbocycles. The van der Waals surface area contributed by atoms with Gasteiger partial charge in [-0.05, 0) is 68.0 Å². The molecule has 0 aliphatic carbocycles. The van der Waals surface area contributed by atoms with Crippen molar-refractivity contribution < 1.29 is 42.8 Å². The minimum absolute atomic E-state index is 0.0199. The van der Waals surface area contributed by atoms with E-state index in [1.165, 1.54) is 42.1 Å². The summed E-state index contributed by atoms with van der Waals surface area (Å²) in [6, 6.07) is 7.73. The highest BCUT2D eigenvalue weighted by molar-refractivity contribution is 5.94. The third-order valence-electron chi connectivity index (χ3n) is 6.59. The van der Waals surface area contributed by atoms with Gasteiger partial charge in [-0.2, -0.15) is 5.10 Å². The molecule has 3 aromatic rings. The molecule has 41 heavy (non-hydrogen) atoms. The summed E-state index contributed by atoms with van der Waals surface area (Å²) in [5.41, 5.74) is 1.66. The summed E-state index contributed by atoms with van der Waals surface area (Å²) in [4.78, 5) is 24.2. The SMILES string of the molecule is COc1ccc(F)c(F)c1CCNC(=O)c1nn(-c2ccc(F)cc2)c(CCC(O)CC(O)CC(=O)O)c1C(C)C. The Morgan fingerprint density at radius 3 is 2.32 bits per heavy atom. The smallest absolute Gasteiger partial charge is 0.305 e. The number of methoxy groups -OCH3 is 1. The predicted molar refractivity (Wildman–Crippen MR) is 144 cm³/mol. The van der Waals surface area contributed by atoms with Crippen LogP contribution in [0.4, 0.5) is 13.2 Å². The molecule has 12 heteroatoms. The van der Waals surface area contributed by atoms with E-state index in [-0.39, 0.29) is 55.2 Å². The zero-order valence-corrected chi connectivity index (χ0v) is 23.0. The quantitative estimate of drug-likeness (QED) is 0.228. The molecule has 0 bridgehead atoms. The number of aromatic nitrogens is 2. The highest BCUT2D eigenvalue weighted by Crippen LogP contribution is 2.29. The summed E-state index contributed by atoms with van der Waals surface area (Å²) in [5.74, 6) is -4.37. The average molecular weight is 578 g/mol. The van der Waals surface area contributed by atoms with Crippen LogP contribution in [0.1, 0.15) is 66.3 Å². The lowest BCUT2D eigenvalue weighted by molar-refractivity contribution is -0.139. The van der Waals surface area contributed by atoms with Gasteiger partial charge in [0, 0.05) is 23.4 Å². The number of aliphatic carboxylic acids is 1. The number of carboxylic acid groups (broad SMARTS) is 1. The van der Waals surface area contributed by atoms with Gasteiger partial charge in [0.1, 0.15) is 11.6 Å². The van der Waals surface area contributed by atoms with Gasteiger partial charge in [0.15, 0.2) is 17.3 Å². The van der Waals surface area contributed by atoms with Crippen LogP contribution in [0.25, 0.3) is 5.69 Å². The van der Waals surface area contributed by atoms with Crippen molar-refractivity contribution in [3.8, 4) is 11.4 Å². The summed E-state index contributed by atoms with van der Waals surface area (Å²) in [5, 5.41) is 36.4. The molecule has 0 aliphatic rings. The van der Waals surface area contributed by atoms with Gasteiger partial charge in [-0.3, -0.25) is 9.59 Å². The van der Waals surface area contributed by atoms with E-state index in [9.17, 15) is 33.0 Å². The van der Waals surface area contributed by atoms with Crippen LogP contribution in [0.2, 0.25) is 0 Å². The maximum Gasteiger partial charge on any atom is 0.305 e. The number of nitrogens with one attached hydrogen (secondary N) is 1. The Balaban J connectivity index is 1.88. The van der Waals surface area contributed by atoms with E-state index >= 15 is 0 Å². The Hall–Kier alpha value is -3.90. The number of halogens is 3. The number of carbonyl (C=O) groups is 2. The summed E-state index contributed by atoms with van der Waals surface area (Å²) < 4.78 is 48.4. The van der Waals surface area contributed by atoms with Crippen molar-refractivity contribution in [1.29, 1.82) is 0 Å². The van der Waals surface area contributed by atoms with Crippen LogP contribution in [0.5, 0.6) is 5.75 Å². The summed E-state index contributed by atoms with van der Waals surface area (Å²) in [7, 11) is 1.33. The number of hydrogen-bond donors (Lipinski definition) is 4. The largest absolute Gasteiger partial charge is 0.496 e. The first kappa shape index (κ1) is 31.6. The zero-order valence-electron chi connectivity index (χ0n) is 23.0. The van der Waals surface area contributed by atoms with Crippen molar-refractivity contribution in [2.24, 2.45) is 0 Å². The minimum Gasteiger partial charge on any atom is -0.496 e. The summed E-state index contributed by atoms with van der Waals surface area (Å²) >= 11 is 0. The molecular weight excluding hydrogens is 543 g/mol. The molecule has 0 fully saturated rings. The van der Waals surface area contributed by atoms with Gasteiger partial charge < -0.3 is 25.4 Å². The molecule has 0 spiro atoms. The first-order chi connectivity index (χ1) is 19.4. The fourth-order valence-corrected chi connectivity index (χ4v) is 4.68. The topological polar surface area (TPSA) is 134 Å². The van der Waals surface area contributed by atoms with Gasteiger partial charge in [-0.15, -0.1) is 0 Å². The van der Waals surface area contributed by atoms with Crippen molar-refractivity contribution >= 4 is 11.9 Å². The number of ether oxygens (including phenoxy) is 1. The number of carboxylic acids is 1.